The van der Waals surface area contributed by atoms with E-state index in [9.17, 15) is 14.4 Å². The van der Waals surface area contributed by atoms with Crippen LogP contribution >= 0.6 is 0 Å². The lowest BCUT2D eigenvalue weighted by atomic mass is 9.85. The Morgan fingerprint density at radius 2 is 0.837 bits per heavy atom. The quantitative estimate of drug-likeness (QED) is 0.110. The van der Waals surface area contributed by atoms with Crippen LogP contribution in [0.1, 0.15) is 84.9 Å². The van der Waals surface area contributed by atoms with Crippen molar-refractivity contribution in [1.82, 2.24) is 5.32 Å². The van der Waals surface area contributed by atoms with Gasteiger partial charge in [-0.05, 0) is 115 Å². The fourth-order valence-electron chi connectivity index (χ4n) is 4.17. The molecule has 12 nitrogen and oxygen atoms in total. The summed E-state index contributed by atoms with van der Waals surface area (Å²) in [5, 5.41) is 10.9. The first kappa shape index (κ1) is 38.8. The Morgan fingerprint density at radius 3 is 1.16 bits per heavy atom. The zero-order valence-corrected chi connectivity index (χ0v) is 29.9. The first-order chi connectivity index (χ1) is 22.9. The minimum atomic E-state index is -0.628. The van der Waals surface area contributed by atoms with Crippen molar-refractivity contribution in [2.75, 3.05) is 36.3 Å². The molecule has 12 heteroatoms. The predicted octanol–water partition coefficient (Wildman–Crippen LogP) is 8.40. The van der Waals surface area contributed by atoms with Crippen molar-refractivity contribution in [2.24, 2.45) is 0 Å². The van der Waals surface area contributed by atoms with Gasteiger partial charge in [-0.3, -0.25) is 10.6 Å². The van der Waals surface area contributed by atoms with Crippen LogP contribution in [0.15, 0.2) is 72.8 Å². The molecule has 0 bridgehead atoms. The number of benzene rings is 3. The third kappa shape index (κ3) is 15.0. The van der Waals surface area contributed by atoms with Gasteiger partial charge in [0.15, 0.2) is 13.6 Å². The van der Waals surface area contributed by atoms with Gasteiger partial charge in [0.2, 0.25) is 0 Å². The summed E-state index contributed by atoms with van der Waals surface area (Å²) in [4.78, 5) is 36.9. The Bertz CT molecular complexity index is 1320. The third-order valence-electron chi connectivity index (χ3n) is 6.58. The zero-order valence-electron chi connectivity index (χ0n) is 29.9. The standard InChI is InChI=1S/C37H50N4O8/c1-35(2,3)47-22-38-32(42)39-28-16-10-25(11-17-28)31(26-12-18-29(19-13-26)40-33(43)45-23-48-36(4,5)6)27-14-20-30(21-15-27)41-34(44)46-24-49-37(7,8)9/h10-21,31H,22-24H2,1-9H3,(H,40,43)(H,41,44)(H2,38,39,42). The number of urea groups is 1. The van der Waals surface area contributed by atoms with Crippen molar-refractivity contribution in [3.05, 3.63) is 89.5 Å². The van der Waals surface area contributed by atoms with E-state index < -0.39 is 23.4 Å². The molecule has 0 saturated carbocycles. The van der Waals surface area contributed by atoms with Crippen LogP contribution in [-0.2, 0) is 23.7 Å². The van der Waals surface area contributed by atoms with Gasteiger partial charge in [0.05, 0.1) is 16.8 Å². The smallest absolute Gasteiger partial charge is 0.413 e. The Balaban J connectivity index is 1.77. The molecular weight excluding hydrogens is 628 g/mol. The molecule has 3 rings (SSSR count). The molecule has 49 heavy (non-hydrogen) atoms. The minimum absolute atomic E-state index is 0.0794. The Kier molecular flexibility index (Phi) is 13.6. The van der Waals surface area contributed by atoms with E-state index in [0.29, 0.717) is 17.1 Å². The Morgan fingerprint density at radius 1 is 0.510 bits per heavy atom. The van der Waals surface area contributed by atoms with Gasteiger partial charge >= 0.3 is 18.2 Å². The molecule has 0 atom stereocenters. The highest BCUT2D eigenvalue weighted by molar-refractivity contribution is 5.89. The second-order valence-electron chi connectivity index (χ2n) is 14.2. The van der Waals surface area contributed by atoms with E-state index in [1.165, 1.54) is 0 Å². The van der Waals surface area contributed by atoms with Crippen molar-refractivity contribution < 1.29 is 38.1 Å². The topological polar surface area (TPSA) is 145 Å². The van der Waals surface area contributed by atoms with Crippen molar-refractivity contribution in [3.63, 3.8) is 0 Å². The maximum Gasteiger partial charge on any atom is 0.413 e. The third-order valence-corrected chi connectivity index (χ3v) is 6.58. The number of rotatable bonds is 12. The molecule has 0 aliphatic rings. The van der Waals surface area contributed by atoms with Gasteiger partial charge in [0.25, 0.3) is 0 Å². The predicted molar refractivity (Wildman–Crippen MR) is 190 cm³/mol. The largest absolute Gasteiger partial charge is 0.422 e. The van der Waals surface area contributed by atoms with Crippen LogP contribution in [-0.4, -0.2) is 55.3 Å². The summed E-state index contributed by atoms with van der Waals surface area (Å²) >= 11 is 0. The first-order valence-corrected chi connectivity index (χ1v) is 16.0. The summed E-state index contributed by atoms with van der Waals surface area (Å²) < 4.78 is 26.7. The van der Waals surface area contributed by atoms with Gasteiger partial charge in [0.1, 0.15) is 6.73 Å². The fraction of sp³-hybridized carbons (Fsp3) is 0.432. The van der Waals surface area contributed by atoms with Crippen LogP contribution in [0.2, 0.25) is 0 Å². The van der Waals surface area contributed by atoms with Crippen LogP contribution in [0.5, 0.6) is 0 Å². The van der Waals surface area contributed by atoms with Crippen molar-refractivity contribution >= 4 is 35.3 Å². The number of ether oxygens (including phenoxy) is 5. The molecular formula is C37H50N4O8. The van der Waals surface area contributed by atoms with E-state index in [1.807, 2.05) is 111 Å². The molecule has 3 aromatic rings. The molecule has 0 aliphatic carbocycles. The molecule has 0 aliphatic heterocycles. The maximum atomic E-state index is 12.4. The second-order valence-corrected chi connectivity index (χ2v) is 14.2. The highest BCUT2D eigenvalue weighted by Gasteiger charge is 2.19. The monoisotopic (exact) mass is 678 g/mol. The molecule has 266 valence electrons. The van der Waals surface area contributed by atoms with E-state index >= 15 is 0 Å². The number of hydrogen-bond donors (Lipinski definition) is 4. The molecule has 0 unspecified atom stereocenters. The molecule has 0 heterocycles. The molecule has 0 fully saturated rings. The van der Waals surface area contributed by atoms with Crippen molar-refractivity contribution in [3.8, 4) is 0 Å². The van der Waals surface area contributed by atoms with E-state index in [1.54, 1.807) is 24.3 Å². The van der Waals surface area contributed by atoms with Gasteiger partial charge in [-0.25, -0.2) is 14.4 Å². The number of anilines is 3. The highest BCUT2D eigenvalue weighted by Crippen LogP contribution is 2.34. The lowest BCUT2D eigenvalue weighted by molar-refractivity contribution is -0.0898. The van der Waals surface area contributed by atoms with Crippen LogP contribution in [0.25, 0.3) is 0 Å². The van der Waals surface area contributed by atoms with Crippen molar-refractivity contribution in [2.45, 2.75) is 85.0 Å². The average molecular weight is 679 g/mol. The Labute approximate surface area is 289 Å². The molecule has 3 aromatic carbocycles. The maximum absolute atomic E-state index is 12.4. The summed E-state index contributed by atoms with van der Waals surface area (Å²) in [5.74, 6) is -0.231. The van der Waals surface area contributed by atoms with Gasteiger partial charge < -0.3 is 34.3 Å². The summed E-state index contributed by atoms with van der Waals surface area (Å²) in [5.41, 5.74) is 3.30. The normalized spacial score (nSPS) is 11.9. The molecule has 4 amide bonds. The van der Waals surface area contributed by atoms with Crippen LogP contribution in [0.4, 0.5) is 31.4 Å². The molecule has 0 spiro atoms. The highest BCUT2D eigenvalue weighted by atomic mass is 16.7. The van der Waals surface area contributed by atoms with E-state index in [0.717, 1.165) is 16.7 Å². The van der Waals surface area contributed by atoms with Gasteiger partial charge in [0, 0.05) is 23.0 Å². The summed E-state index contributed by atoms with van der Waals surface area (Å²) in [6, 6.07) is 22.0. The van der Waals surface area contributed by atoms with Gasteiger partial charge in [-0.2, -0.15) is 0 Å². The SMILES string of the molecule is CC(C)(C)OCNC(=O)Nc1ccc(C(c2ccc(NC(=O)OCOC(C)(C)C)cc2)c2ccc(NC(=O)OCOC(C)(C)C)cc2)cc1. The van der Waals surface area contributed by atoms with Crippen LogP contribution < -0.4 is 21.3 Å². The van der Waals surface area contributed by atoms with E-state index in [4.69, 9.17) is 23.7 Å². The summed E-state index contributed by atoms with van der Waals surface area (Å²) in [7, 11) is 0. The first-order valence-electron chi connectivity index (χ1n) is 16.0. The van der Waals surface area contributed by atoms with Crippen molar-refractivity contribution in [1.29, 1.82) is 0 Å². The number of carbonyl (C=O) groups excluding carboxylic acids is 3. The lowest BCUT2D eigenvalue weighted by Crippen LogP contribution is -2.34. The van der Waals surface area contributed by atoms with Gasteiger partial charge in [-0.1, -0.05) is 36.4 Å². The van der Waals surface area contributed by atoms with Gasteiger partial charge in [-0.15, -0.1) is 0 Å². The second kappa shape index (κ2) is 17.1. The summed E-state index contributed by atoms with van der Waals surface area (Å²) in [6.07, 6.45) is -1.26. The summed E-state index contributed by atoms with van der Waals surface area (Å²) in [6.45, 7) is 16.7. The molecule has 0 radical (unpaired) electrons. The molecule has 0 aromatic heterocycles. The van der Waals surface area contributed by atoms with Crippen LogP contribution in [0.3, 0.4) is 0 Å². The Hall–Kier alpha value is -4.65. The molecule has 0 saturated heterocycles. The van der Waals surface area contributed by atoms with E-state index in [-0.39, 0.29) is 37.9 Å². The number of hydrogen-bond acceptors (Lipinski definition) is 8. The number of carbonyl (C=O) groups is 3. The lowest BCUT2D eigenvalue weighted by Gasteiger charge is -2.21. The molecule has 4 N–H and O–H groups in total. The fourth-order valence-corrected chi connectivity index (χ4v) is 4.17. The minimum Gasteiger partial charge on any atom is -0.422 e. The average Bonchev–Trinajstić information content (AvgIpc) is 2.98. The number of nitrogens with one attached hydrogen (secondary N) is 4. The van der Waals surface area contributed by atoms with Crippen LogP contribution in [0, 0.1) is 0 Å². The van der Waals surface area contributed by atoms with E-state index in [2.05, 4.69) is 21.3 Å². The number of amides is 4. The zero-order chi connectivity index (χ0) is 36.2.